The molecule has 0 aromatic heterocycles. The molecule has 1 aromatic carbocycles. The highest BCUT2D eigenvalue weighted by Gasteiger charge is 2.33. The van der Waals surface area contributed by atoms with Gasteiger partial charge in [0.15, 0.2) is 0 Å². The quantitative estimate of drug-likeness (QED) is 0.453. The second kappa shape index (κ2) is 10.2. The number of amides is 2. The van der Waals surface area contributed by atoms with Crippen LogP contribution >= 0.6 is 0 Å². The Morgan fingerprint density at radius 1 is 1.10 bits per heavy atom. The number of alkyl halides is 3. The van der Waals surface area contributed by atoms with E-state index in [1.807, 2.05) is 0 Å². The summed E-state index contributed by atoms with van der Waals surface area (Å²) in [6.45, 7) is 3.95. The monoisotopic (exact) mass is 414 g/mol. The van der Waals surface area contributed by atoms with E-state index in [4.69, 9.17) is 4.74 Å². The van der Waals surface area contributed by atoms with Crippen LogP contribution in [0.3, 0.4) is 0 Å². The number of nitrogens with one attached hydrogen (secondary N) is 2. The Kier molecular flexibility index (Phi) is 7.92. The highest BCUT2D eigenvalue weighted by Crippen LogP contribution is 2.30. The van der Waals surface area contributed by atoms with Crippen LogP contribution in [-0.2, 0) is 9.53 Å². The van der Waals surface area contributed by atoms with Gasteiger partial charge in [0, 0.05) is 5.70 Å². The van der Waals surface area contributed by atoms with E-state index >= 15 is 0 Å². The fraction of sp³-hybridized carbons (Fsp3) is 0.500. The molecule has 0 unspecified atom stereocenters. The third-order valence-electron chi connectivity index (χ3n) is 4.42. The van der Waals surface area contributed by atoms with Gasteiger partial charge in [-0.25, -0.2) is 9.59 Å². The zero-order chi connectivity index (χ0) is 21.4. The van der Waals surface area contributed by atoms with Crippen molar-refractivity contribution in [2.45, 2.75) is 58.4 Å². The van der Waals surface area contributed by atoms with Gasteiger partial charge in [0.05, 0.1) is 18.2 Å². The van der Waals surface area contributed by atoms with E-state index in [0.717, 1.165) is 44.2 Å². The molecule has 0 spiro atoms. The molecule has 160 valence electrons. The molecule has 1 aliphatic rings. The topological polar surface area (TPSA) is 76.7 Å². The van der Waals surface area contributed by atoms with Crippen molar-refractivity contribution in [3.8, 4) is 5.75 Å². The van der Waals surface area contributed by atoms with Gasteiger partial charge in [-0.15, -0.1) is 13.2 Å². The third kappa shape index (κ3) is 6.99. The summed E-state index contributed by atoms with van der Waals surface area (Å²) in [6.07, 6.45) is 0.218. The van der Waals surface area contributed by atoms with Crippen molar-refractivity contribution in [3.63, 3.8) is 0 Å². The van der Waals surface area contributed by atoms with E-state index in [1.54, 1.807) is 6.92 Å². The highest BCUT2D eigenvalue weighted by atomic mass is 19.4. The number of allylic oxidation sites excluding steroid dienone is 1. The summed E-state index contributed by atoms with van der Waals surface area (Å²) in [5, 5.41) is 5.13. The Bertz CT molecular complexity index is 745. The third-order valence-corrected chi connectivity index (χ3v) is 4.42. The van der Waals surface area contributed by atoms with Crippen molar-refractivity contribution in [3.05, 3.63) is 41.1 Å². The number of hydrogen-bond donors (Lipinski definition) is 2. The summed E-state index contributed by atoms with van der Waals surface area (Å²) < 4.78 is 46.2. The lowest BCUT2D eigenvalue weighted by molar-refractivity contribution is -0.274. The number of halogens is 3. The summed E-state index contributed by atoms with van der Waals surface area (Å²) in [7, 11) is 0. The van der Waals surface area contributed by atoms with Crippen molar-refractivity contribution in [2.75, 3.05) is 6.61 Å². The van der Waals surface area contributed by atoms with Gasteiger partial charge < -0.3 is 20.1 Å². The molecule has 1 atom stereocenters. The molecule has 2 rings (SSSR count). The van der Waals surface area contributed by atoms with E-state index in [1.165, 1.54) is 12.1 Å². The number of carbonyl (C=O) groups excluding carboxylic acids is 2. The van der Waals surface area contributed by atoms with Crippen LogP contribution in [-0.4, -0.2) is 25.0 Å². The second-order valence-corrected chi connectivity index (χ2v) is 6.74. The molecule has 0 saturated heterocycles. The van der Waals surface area contributed by atoms with Gasteiger partial charge in [-0.2, -0.15) is 0 Å². The first-order chi connectivity index (χ1) is 13.7. The number of unbranched alkanes of at least 4 members (excludes halogenated alkanes) is 4. The molecule has 0 bridgehead atoms. The van der Waals surface area contributed by atoms with E-state index in [2.05, 4.69) is 22.3 Å². The predicted molar refractivity (Wildman–Crippen MR) is 100.0 cm³/mol. The summed E-state index contributed by atoms with van der Waals surface area (Å²) in [5.74, 6) is -0.968. The smallest absolute Gasteiger partial charge is 0.462 e. The molecular formula is C20H25F3N2O4. The van der Waals surface area contributed by atoms with Crippen LogP contribution in [0.5, 0.6) is 5.75 Å². The van der Waals surface area contributed by atoms with Gasteiger partial charge in [-0.3, -0.25) is 0 Å². The Balaban J connectivity index is 2.09. The number of esters is 1. The van der Waals surface area contributed by atoms with Crippen LogP contribution in [0.1, 0.15) is 57.6 Å². The van der Waals surface area contributed by atoms with Crippen LogP contribution in [0, 0.1) is 0 Å². The summed E-state index contributed by atoms with van der Waals surface area (Å²) in [5.41, 5.74) is 0.983. The average Bonchev–Trinajstić information content (AvgIpc) is 2.63. The molecule has 9 heteroatoms. The van der Waals surface area contributed by atoms with E-state index in [-0.39, 0.29) is 12.2 Å². The first-order valence-corrected chi connectivity index (χ1v) is 9.52. The van der Waals surface area contributed by atoms with E-state index in [0.29, 0.717) is 11.3 Å². The molecule has 0 radical (unpaired) electrons. The lowest BCUT2D eigenvalue weighted by Gasteiger charge is -2.28. The fourth-order valence-corrected chi connectivity index (χ4v) is 3.02. The largest absolute Gasteiger partial charge is 0.573 e. The van der Waals surface area contributed by atoms with Gasteiger partial charge in [0.1, 0.15) is 5.75 Å². The van der Waals surface area contributed by atoms with E-state index in [9.17, 15) is 22.8 Å². The van der Waals surface area contributed by atoms with Gasteiger partial charge in [0.2, 0.25) is 0 Å². The average molecular weight is 414 g/mol. The lowest BCUT2D eigenvalue weighted by atomic mass is 9.95. The number of ether oxygens (including phenoxy) is 2. The summed E-state index contributed by atoms with van der Waals surface area (Å²) >= 11 is 0. The molecule has 1 aromatic rings. The van der Waals surface area contributed by atoms with Crippen molar-refractivity contribution in [1.82, 2.24) is 10.6 Å². The maximum Gasteiger partial charge on any atom is 0.573 e. The lowest BCUT2D eigenvalue weighted by Crippen LogP contribution is -2.45. The zero-order valence-corrected chi connectivity index (χ0v) is 16.4. The zero-order valence-electron chi connectivity index (χ0n) is 16.4. The van der Waals surface area contributed by atoms with Gasteiger partial charge in [-0.1, -0.05) is 44.7 Å². The first-order valence-electron chi connectivity index (χ1n) is 9.52. The second-order valence-electron chi connectivity index (χ2n) is 6.74. The Labute approximate surface area is 167 Å². The summed E-state index contributed by atoms with van der Waals surface area (Å²) in [6, 6.07) is 3.63. The molecule has 1 heterocycles. The predicted octanol–water partition coefficient (Wildman–Crippen LogP) is 4.73. The Morgan fingerprint density at radius 3 is 2.38 bits per heavy atom. The van der Waals surface area contributed by atoms with Gasteiger partial charge in [-0.05, 0) is 31.0 Å². The molecule has 0 saturated carbocycles. The number of benzene rings is 1. The van der Waals surface area contributed by atoms with Crippen LogP contribution in [0.2, 0.25) is 0 Å². The molecule has 6 nitrogen and oxygen atoms in total. The SMILES string of the molecule is CCCCCCCOC(=O)C1=C(C)NC(=O)N[C@@H]1c1ccc(OC(F)(F)F)cc1. The van der Waals surface area contributed by atoms with Crippen LogP contribution < -0.4 is 15.4 Å². The normalized spacial score (nSPS) is 16.9. The van der Waals surface area contributed by atoms with Crippen LogP contribution in [0.4, 0.5) is 18.0 Å². The van der Waals surface area contributed by atoms with Gasteiger partial charge in [0.25, 0.3) is 0 Å². The van der Waals surface area contributed by atoms with Crippen LogP contribution in [0.25, 0.3) is 0 Å². The fourth-order valence-electron chi connectivity index (χ4n) is 3.02. The molecular weight excluding hydrogens is 389 g/mol. The van der Waals surface area contributed by atoms with Crippen molar-refractivity contribution in [2.24, 2.45) is 0 Å². The summed E-state index contributed by atoms with van der Waals surface area (Å²) in [4.78, 5) is 24.5. The van der Waals surface area contributed by atoms with Crippen LogP contribution in [0.15, 0.2) is 35.5 Å². The molecule has 2 amide bonds. The molecule has 0 fully saturated rings. The van der Waals surface area contributed by atoms with Gasteiger partial charge >= 0.3 is 18.4 Å². The molecule has 2 N–H and O–H groups in total. The maximum absolute atomic E-state index is 12.6. The highest BCUT2D eigenvalue weighted by molar-refractivity contribution is 5.95. The maximum atomic E-state index is 12.6. The minimum Gasteiger partial charge on any atom is -0.462 e. The number of rotatable bonds is 9. The Hall–Kier alpha value is -2.71. The van der Waals surface area contributed by atoms with Crippen molar-refractivity contribution in [1.29, 1.82) is 0 Å². The number of hydrogen-bond acceptors (Lipinski definition) is 4. The van der Waals surface area contributed by atoms with Crippen molar-refractivity contribution >= 4 is 12.0 Å². The molecule has 29 heavy (non-hydrogen) atoms. The molecule has 0 aliphatic carbocycles. The Morgan fingerprint density at radius 2 is 1.76 bits per heavy atom. The molecule has 1 aliphatic heterocycles. The number of urea groups is 1. The minimum atomic E-state index is -4.80. The standard InChI is InChI=1S/C20H25F3N2O4/c1-3-4-5-6-7-12-28-18(26)16-13(2)24-19(27)25-17(16)14-8-10-15(11-9-14)29-20(21,22)23/h8-11,17H,3-7,12H2,1-2H3,(H2,24,25,27)/t17-/m1/s1. The minimum absolute atomic E-state index is 0.211. The number of carbonyl (C=O) groups is 2. The van der Waals surface area contributed by atoms with E-state index < -0.39 is 30.2 Å². The first kappa shape index (κ1) is 22.6. The van der Waals surface area contributed by atoms with Crippen molar-refractivity contribution < 1.29 is 32.2 Å².